The highest BCUT2D eigenvalue weighted by Crippen LogP contribution is 2.34. The number of hydrogen-bond donors (Lipinski definition) is 1. The molecule has 10 heteroatoms. The highest BCUT2D eigenvalue weighted by molar-refractivity contribution is 8.00. The van der Waals surface area contributed by atoms with Crippen LogP contribution in [0.25, 0.3) is 0 Å². The van der Waals surface area contributed by atoms with Gasteiger partial charge in [0.2, 0.25) is 5.91 Å². The molecule has 1 aromatic carbocycles. The van der Waals surface area contributed by atoms with E-state index in [1.54, 1.807) is 16.3 Å². The Hall–Kier alpha value is -2.33. The van der Waals surface area contributed by atoms with E-state index in [9.17, 15) is 19.7 Å². The standard InChI is InChI=1S/C17H18N4O4S2/c1-3-20-16(23)15-13(8-10(2)27-15)19-17(20)26-9-14(22)18-11-4-6-12(7-5-11)21(24)25/h4-7,10H,3,8-9H2,1-2H3,(H,18,22)/t10-/m1/s1. The predicted octanol–water partition coefficient (Wildman–Crippen LogP) is 2.94. The molecule has 1 aliphatic rings. The number of nitro groups is 1. The number of nitrogens with zero attached hydrogens (tertiary/aromatic N) is 3. The number of thioether (sulfide) groups is 2. The lowest BCUT2D eigenvalue weighted by atomic mass is 10.2. The summed E-state index contributed by atoms with van der Waals surface area (Å²) in [7, 11) is 0. The van der Waals surface area contributed by atoms with Crippen molar-refractivity contribution in [2.75, 3.05) is 11.1 Å². The number of amides is 1. The van der Waals surface area contributed by atoms with E-state index in [0.717, 1.165) is 12.1 Å². The number of carbonyl (C=O) groups excluding carboxylic acids is 1. The summed E-state index contributed by atoms with van der Waals surface area (Å²) in [6.07, 6.45) is 0.752. The van der Waals surface area contributed by atoms with E-state index in [4.69, 9.17) is 0 Å². The van der Waals surface area contributed by atoms with Crippen molar-refractivity contribution in [1.82, 2.24) is 9.55 Å². The Balaban J connectivity index is 1.68. The molecular formula is C17H18N4O4S2. The van der Waals surface area contributed by atoms with Gasteiger partial charge >= 0.3 is 0 Å². The Morgan fingerprint density at radius 3 is 2.78 bits per heavy atom. The predicted molar refractivity (Wildman–Crippen MR) is 106 cm³/mol. The minimum Gasteiger partial charge on any atom is -0.325 e. The van der Waals surface area contributed by atoms with Gasteiger partial charge in [-0.3, -0.25) is 24.3 Å². The monoisotopic (exact) mass is 406 g/mol. The summed E-state index contributed by atoms with van der Waals surface area (Å²) in [6.45, 7) is 4.42. The summed E-state index contributed by atoms with van der Waals surface area (Å²) in [4.78, 5) is 40.3. The van der Waals surface area contributed by atoms with Gasteiger partial charge in [-0.05, 0) is 19.1 Å². The Morgan fingerprint density at radius 2 is 2.15 bits per heavy atom. The number of fused-ring (bicyclic) bond motifs is 1. The number of carbonyl (C=O) groups is 1. The molecule has 1 atom stereocenters. The Labute approximate surface area is 163 Å². The second kappa shape index (κ2) is 8.13. The van der Waals surface area contributed by atoms with E-state index >= 15 is 0 Å². The molecule has 1 amide bonds. The van der Waals surface area contributed by atoms with Crippen molar-refractivity contribution in [2.45, 2.75) is 42.1 Å². The maximum absolute atomic E-state index is 12.6. The van der Waals surface area contributed by atoms with E-state index in [2.05, 4.69) is 17.2 Å². The van der Waals surface area contributed by atoms with Crippen molar-refractivity contribution in [1.29, 1.82) is 0 Å². The molecule has 142 valence electrons. The fourth-order valence-electron chi connectivity index (χ4n) is 2.71. The molecule has 8 nitrogen and oxygen atoms in total. The number of non-ortho nitro benzene ring substituents is 1. The first kappa shape index (κ1) is 19.4. The van der Waals surface area contributed by atoms with Gasteiger partial charge in [-0.1, -0.05) is 18.7 Å². The van der Waals surface area contributed by atoms with Crippen LogP contribution in [0.4, 0.5) is 11.4 Å². The van der Waals surface area contributed by atoms with Crippen molar-refractivity contribution in [3.05, 3.63) is 50.4 Å². The molecule has 0 unspecified atom stereocenters. The fourth-order valence-corrected chi connectivity index (χ4v) is 4.71. The summed E-state index contributed by atoms with van der Waals surface area (Å²) in [5.41, 5.74) is 1.20. The largest absolute Gasteiger partial charge is 0.325 e. The van der Waals surface area contributed by atoms with Gasteiger partial charge < -0.3 is 5.32 Å². The van der Waals surface area contributed by atoms with Gasteiger partial charge in [0, 0.05) is 36.0 Å². The molecule has 0 saturated heterocycles. The van der Waals surface area contributed by atoms with Crippen molar-refractivity contribution in [3.8, 4) is 0 Å². The van der Waals surface area contributed by atoms with Crippen molar-refractivity contribution in [2.24, 2.45) is 0 Å². The SMILES string of the molecule is CCn1c(SCC(=O)Nc2ccc([N+](=O)[O-])cc2)nc2c(c1=O)S[C@H](C)C2. The van der Waals surface area contributed by atoms with Crippen molar-refractivity contribution >= 4 is 40.8 Å². The molecule has 1 aromatic heterocycles. The van der Waals surface area contributed by atoms with Crippen LogP contribution in [0.5, 0.6) is 0 Å². The summed E-state index contributed by atoms with van der Waals surface area (Å²) >= 11 is 2.76. The molecular weight excluding hydrogens is 388 g/mol. The van der Waals surface area contributed by atoms with Gasteiger partial charge in [-0.15, -0.1) is 11.8 Å². The Morgan fingerprint density at radius 1 is 1.44 bits per heavy atom. The van der Waals surface area contributed by atoms with Crippen LogP contribution in [0, 0.1) is 10.1 Å². The molecule has 0 radical (unpaired) electrons. The lowest BCUT2D eigenvalue weighted by Gasteiger charge is -2.11. The van der Waals surface area contributed by atoms with Crippen molar-refractivity contribution in [3.63, 3.8) is 0 Å². The molecule has 2 aromatic rings. The van der Waals surface area contributed by atoms with Crippen LogP contribution < -0.4 is 10.9 Å². The van der Waals surface area contributed by atoms with Gasteiger partial charge in [0.15, 0.2) is 5.16 Å². The lowest BCUT2D eigenvalue weighted by molar-refractivity contribution is -0.384. The Bertz CT molecular complexity index is 943. The topological polar surface area (TPSA) is 107 Å². The smallest absolute Gasteiger partial charge is 0.269 e. The number of nitrogens with one attached hydrogen (secondary N) is 1. The molecule has 1 aliphatic heterocycles. The minimum absolute atomic E-state index is 0.0382. The van der Waals surface area contributed by atoms with Crippen LogP contribution in [0.2, 0.25) is 0 Å². The van der Waals surface area contributed by atoms with Crippen molar-refractivity contribution < 1.29 is 9.72 Å². The molecule has 0 fully saturated rings. The van der Waals surface area contributed by atoms with Gasteiger partial charge in [-0.2, -0.15) is 0 Å². The number of nitro benzene ring substituents is 1. The average molecular weight is 406 g/mol. The average Bonchev–Trinajstić information content (AvgIpc) is 3.01. The zero-order chi connectivity index (χ0) is 19.6. The summed E-state index contributed by atoms with van der Waals surface area (Å²) in [5.74, 6) is -0.181. The summed E-state index contributed by atoms with van der Waals surface area (Å²) < 4.78 is 1.59. The van der Waals surface area contributed by atoms with Gasteiger partial charge in [-0.25, -0.2) is 4.98 Å². The molecule has 0 bridgehead atoms. The molecule has 3 rings (SSSR count). The lowest BCUT2D eigenvalue weighted by Crippen LogP contribution is -2.25. The van der Waals surface area contributed by atoms with Gasteiger partial charge in [0.25, 0.3) is 11.2 Å². The number of rotatable bonds is 6. The third-order valence-corrected chi connectivity index (χ3v) is 6.16. The molecule has 1 N–H and O–H groups in total. The quantitative estimate of drug-likeness (QED) is 0.340. The third-order valence-electron chi connectivity index (χ3n) is 3.97. The van der Waals surface area contributed by atoms with E-state index in [0.29, 0.717) is 27.5 Å². The first-order chi connectivity index (χ1) is 12.9. The van der Waals surface area contributed by atoms with Crippen LogP contribution >= 0.6 is 23.5 Å². The molecule has 2 heterocycles. The van der Waals surface area contributed by atoms with E-state index in [1.807, 2.05) is 6.92 Å². The van der Waals surface area contributed by atoms with Crippen LogP contribution in [0.15, 0.2) is 39.1 Å². The van der Waals surface area contributed by atoms with Crippen LogP contribution in [0.1, 0.15) is 19.5 Å². The molecule has 0 spiro atoms. The first-order valence-corrected chi connectivity index (χ1v) is 10.2. The van der Waals surface area contributed by atoms with Gasteiger partial charge in [0.05, 0.1) is 21.3 Å². The zero-order valence-electron chi connectivity index (χ0n) is 14.8. The highest BCUT2D eigenvalue weighted by Gasteiger charge is 2.26. The first-order valence-electron chi connectivity index (χ1n) is 8.36. The molecule has 0 aliphatic carbocycles. The molecule has 27 heavy (non-hydrogen) atoms. The van der Waals surface area contributed by atoms with Crippen LogP contribution in [-0.2, 0) is 17.8 Å². The second-order valence-corrected chi connectivity index (χ2v) is 8.38. The van der Waals surface area contributed by atoms with E-state index in [-0.39, 0.29) is 22.9 Å². The van der Waals surface area contributed by atoms with Crippen LogP contribution in [-0.4, -0.2) is 31.4 Å². The summed E-state index contributed by atoms with van der Waals surface area (Å²) in [6, 6.07) is 5.63. The second-order valence-electron chi connectivity index (χ2n) is 5.99. The number of aromatic nitrogens is 2. The number of anilines is 1. The molecule has 0 saturated carbocycles. The Kier molecular flexibility index (Phi) is 5.85. The number of benzene rings is 1. The van der Waals surface area contributed by atoms with Crippen LogP contribution in [0.3, 0.4) is 0 Å². The van der Waals surface area contributed by atoms with E-state index in [1.165, 1.54) is 36.0 Å². The van der Waals surface area contributed by atoms with E-state index < -0.39 is 4.92 Å². The van der Waals surface area contributed by atoms with Gasteiger partial charge in [0.1, 0.15) is 0 Å². The number of hydrogen-bond acceptors (Lipinski definition) is 7. The maximum Gasteiger partial charge on any atom is 0.269 e. The minimum atomic E-state index is -0.496. The zero-order valence-corrected chi connectivity index (χ0v) is 16.4. The maximum atomic E-state index is 12.6. The fraction of sp³-hybridized carbons (Fsp3) is 0.353. The normalized spacial score (nSPS) is 15.4. The third kappa shape index (κ3) is 4.33. The summed E-state index contributed by atoms with van der Waals surface area (Å²) in [5, 5.41) is 14.2. The highest BCUT2D eigenvalue weighted by atomic mass is 32.2.